The number of piperidine rings is 1. The van der Waals surface area contributed by atoms with Crippen molar-refractivity contribution in [2.45, 2.75) is 26.3 Å². The molecule has 1 aromatic heterocycles. The average Bonchev–Trinajstić information content (AvgIpc) is 2.90. The Hall–Kier alpha value is -1.61. The monoisotopic (exact) mass is 255 g/mol. The van der Waals surface area contributed by atoms with Crippen LogP contribution in [0.25, 0.3) is 11.3 Å². The SMILES string of the molecule is CC1CCN(Cc2cn[nH]c2-c2ccccc2)CC1. The van der Waals surface area contributed by atoms with Crippen molar-refractivity contribution >= 4 is 0 Å². The maximum atomic E-state index is 4.23. The number of likely N-dealkylation sites (tertiary alicyclic amines) is 1. The van der Waals surface area contributed by atoms with Crippen molar-refractivity contribution < 1.29 is 0 Å². The highest BCUT2D eigenvalue weighted by molar-refractivity contribution is 5.62. The molecule has 100 valence electrons. The van der Waals surface area contributed by atoms with E-state index < -0.39 is 0 Å². The second-order valence-corrected chi connectivity index (χ2v) is 5.59. The van der Waals surface area contributed by atoms with Crippen LogP contribution in [0.5, 0.6) is 0 Å². The molecule has 2 aromatic rings. The molecule has 3 nitrogen and oxygen atoms in total. The molecule has 1 N–H and O–H groups in total. The standard InChI is InChI=1S/C16H21N3/c1-13-7-9-19(10-8-13)12-15-11-17-18-16(15)14-5-3-2-4-6-14/h2-6,11,13H,7-10,12H2,1H3,(H,17,18). The summed E-state index contributed by atoms with van der Waals surface area (Å²) in [4.78, 5) is 2.54. The molecule has 0 spiro atoms. The molecule has 1 aliphatic rings. The number of aromatic amines is 1. The highest BCUT2D eigenvalue weighted by Gasteiger charge is 2.17. The molecule has 1 fully saturated rings. The number of hydrogen-bond donors (Lipinski definition) is 1. The summed E-state index contributed by atoms with van der Waals surface area (Å²) in [6.45, 7) is 5.78. The summed E-state index contributed by atoms with van der Waals surface area (Å²) in [6, 6.07) is 10.5. The van der Waals surface area contributed by atoms with E-state index in [1.54, 1.807) is 0 Å². The Balaban J connectivity index is 1.74. The van der Waals surface area contributed by atoms with Crippen LogP contribution < -0.4 is 0 Å². The van der Waals surface area contributed by atoms with Crippen LogP contribution in [0, 0.1) is 5.92 Å². The van der Waals surface area contributed by atoms with Gasteiger partial charge in [0.05, 0.1) is 11.9 Å². The van der Waals surface area contributed by atoms with Crippen LogP contribution in [0.15, 0.2) is 36.5 Å². The number of aromatic nitrogens is 2. The number of benzene rings is 1. The van der Waals surface area contributed by atoms with Crippen molar-refractivity contribution in [2.75, 3.05) is 13.1 Å². The van der Waals surface area contributed by atoms with E-state index in [2.05, 4.69) is 46.3 Å². The minimum atomic E-state index is 0.884. The Morgan fingerprint density at radius 2 is 1.95 bits per heavy atom. The van der Waals surface area contributed by atoms with Gasteiger partial charge in [-0.15, -0.1) is 0 Å². The molecule has 0 radical (unpaired) electrons. The lowest BCUT2D eigenvalue weighted by atomic mass is 9.98. The third-order valence-electron chi connectivity index (χ3n) is 4.05. The van der Waals surface area contributed by atoms with Gasteiger partial charge in [-0.2, -0.15) is 5.10 Å². The number of H-pyrrole nitrogens is 1. The van der Waals surface area contributed by atoms with Crippen molar-refractivity contribution in [1.29, 1.82) is 0 Å². The van der Waals surface area contributed by atoms with Crippen LogP contribution in [-0.2, 0) is 6.54 Å². The Kier molecular flexibility index (Phi) is 3.65. The number of nitrogens with zero attached hydrogens (tertiary/aromatic N) is 2. The molecule has 0 atom stereocenters. The molecule has 0 amide bonds. The largest absolute Gasteiger partial charge is 0.299 e. The minimum Gasteiger partial charge on any atom is -0.299 e. The summed E-state index contributed by atoms with van der Waals surface area (Å²) in [5, 5.41) is 7.37. The molecule has 0 aliphatic carbocycles. The second-order valence-electron chi connectivity index (χ2n) is 5.59. The Labute approximate surface area is 114 Å². The molecular formula is C16H21N3. The van der Waals surface area contributed by atoms with E-state index in [0.717, 1.165) is 12.5 Å². The van der Waals surface area contributed by atoms with Crippen LogP contribution in [0.4, 0.5) is 0 Å². The third kappa shape index (κ3) is 2.87. The van der Waals surface area contributed by atoms with Gasteiger partial charge in [0.15, 0.2) is 0 Å². The van der Waals surface area contributed by atoms with Gasteiger partial charge >= 0.3 is 0 Å². The molecule has 1 aliphatic heterocycles. The maximum absolute atomic E-state index is 4.23. The zero-order valence-electron chi connectivity index (χ0n) is 11.5. The highest BCUT2D eigenvalue weighted by Crippen LogP contribution is 2.24. The first-order chi connectivity index (χ1) is 9.33. The Bertz CT molecular complexity index is 510. The fraction of sp³-hybridized carbons (Fsp3) is 0.438. The molecule has 19 heavy (non-hydrogen) atoms. The van der Waals surface area contributed by atoms with Gasteiger partial charge in [-0.25, -0.2) is 0 Å². The average molecular weight is 255 g/mol. The molecule has 1 aromatic carbocycles. The van der Waals surface area contributed by atoms with Gasteiger partial charge in [0.2, 0.25) is 0 Å². The third-order valence-corrected chi connectivity index (χ3v) is 4.05. The van der Waals surface area contributed by atoms with Crippen LogP contribution >= 0.6 is 0 Å². The van der Waals surface area contributed by atoms with Gasteiger partial charge in [0, 0.05) is 12.1 Å². The molecular weight excluding hydrogens is 234 g/mol. The summed E-state index contributed by atoms with van der Waals surface area (Å²) < 4.78 is 0. The van der Waals surface area contributed by atoms with Crippen molar-refractivity contribution in [1.82, 2.24) is 15.1 Å². The fourth-order valence-electron chi connectivity index (χ4n) is 2.75. The van der Waals surface area contributed by atoms with Gasteiger partial charge in [-0.1, -0.05) is 37.3 Å². The van der Waals surface area contributed by atoms with Crippen LogP contribution in [0.1, 0.15) is 25.3 Å². The molecule has 2 heterocycles. The van der Waals surface area contributed by atoms with Crippen molar-refractivity contribution in [3.8, 4) is 11.3 Å². The molecule has 0 unspecified atom stereocenters. The van der Waals surface area contributed by atoms with Crippen molar-refractivity contribution in [3.63, 3.8) is 0 Å². The lowest BCUT2D eigenvalue weighted by Gasteiger charge is -2.30. The molecule has 1 saturated heterocycles. The molecule has 3 heteroatoms. The van der Waals surface area contributed by atoms with E-state index in [1.165, 1.54) is 42.8 Å². The summed E-state index contributed by atoms with van der Waals surface area (Å²) >= 11 is 0. The van der Waals surface area contributed by atoms with Gasteiger partial charge in [-0.3, -0.25) is 10.00 Å². The molecule has 0 bridgehead atoms. The lowest BCUT2D eigenvalue weighted by molar-refractivity contribution is 0.185. The van der Waals surface area contributed by atoms with Gasteiger partial charge in [-0.05, 0) is 37.4 Å². The predicted molar refractivity (Wildman–Crippen MR) is 77.7 cm³/mol. The molecule has 0 saturated carbocycles. The fourth-order valence-corrected chi connectivity index (χ4v) is 2.75. The zero-order chi connectivity index (χ0) is 13.1. The number of hydrogen-bond acceptors (Lipinski definition) is 2. The normalized spacial score (nSPS) is 17.7. The van der Waals surface area contributed by atoms with Crippen LogP contribution in [0.3, 0.4) is 0 Å². The van der Waals surface area contributed by atoms with E-state index >= 15 is 0 Å². The van der Waals surface area contributed by atoms with Crippen molar-refractivity contribution in [2.24, 2.45) is 5.92 Å². The summed E-state index contributed by atoms with van der Waals surface area (Å²) in [5.41, 5.74) is 3.69. The van der Waals surface area contributed by atoms with E-state index in [1.807, 2.05) is 12.3 Å². The molecule has 3 rings (SSSR count). The highest BCUT2D eigenvalue weighted by atomic mass is 15.1. The number of rotatable bonds is 3. The lowest BCUT2D eigenvalue weighted by Crippen LogP contribution is -2.32. The second kappa shape index (κ2) is 5.57. The first-order valence-electron chi connectivity index (χ1n) is 7.13. The maximum Gasteiger partial charge on any atom is 0.0695 e. The van der Waals surface area contributed by atoms with E-state index in [9.17, 15) is 0 Å². The van der Waals surface area contributed by atoms with Gasteiger partial charge in [0.25, 0.3) is 0 Å². The van der Waals surface area contributed by atoms with E-state index in [0.29, 0.717) is 0 Å². The minimum absolute atomic E-state index is 0.884. The van der Waals surface area contributed by atoms with E-state index in [4.69, 9.17) is 0 Å². The smallest absolute Gasteiger partial charge is 0.0695 e. The Morgan fingerprint density at radius 1 is 1.21 bits per heavy atom. The van der Waals surface area contributed by atoms with Crippen molar-refractivity contribution in [3.05, 3.63) is 42.1 Å². The van der Waals surface area contributed by atoms with Crippen LogP contribution in [0.2, 0.25) is 0 Å². The predicted octanol–water partition coefficient (Wildman–Crippen LogP) is 3.31. The quantitative estimate of drug-likeness (QED) is 0.912. The topological polar surface area (TPSA) is 31.9 Å². The summed E-state index contributed by atoms with van der Waals surface area (Å²) in [5.74, 6) is 0.884. The zero-order valence-corrected chi connectivity index (χ0v) is 11.5. The first kappa shape index (κ1) is 12.4. The number of nitrogens with one attached hydrogen (secondary N) is 1. The van der Waals surface area contributed by atoms with E-state index in [-0.39, 0.29) is 0 Å². The summed E-state index contributed by atoms with van der Waals surface area (Å²) in [6.07, 6.45) is 4.61. The van der Waals surface area contributed by atoms with Gasteiger partial charge < -0.3 is 0 Å². The summed E-state index contributed by atoms with van der Waals surface area (Å²) in [7, 11) is 0. The van der Waals surface area contributed by atoms with Gasteiger partial charge in [0.1, 0.15) is 0 Å². The first-order valence-corrected chi connectivity index (χ1v) is 7.13. The van der Waals surface area contributed by atoms with Crippen LogP contribution in [-0.4, -0.2) is 28.2 Å². The Morgan fingerprint density at radius 3 is 2.68 bits per heavy atom.